The number of carboxylic acid groups (broad SMARTS) is 1. The van der Waals surface area contributed by atoms with Gasteiger partial charge in [-0.2, -0.15) is 0 Å². The average Bonchev–Trinajstić information content (AvgIpc) is 3.22. The fourth-order valence-electron chi connectivity index (χ4n) is 3.25. The molecule has 0 fully saturated rings. The summed E-state index contributed by atoms with van der Waals surface area (Å²) in [7, 11) is 0. The van der Waals surface area contributed by atoms with Crippen molar-refractivity contribution in [2.75, 3.05) is 11.9 Å². The van der Waals surface area contributed by atoms with Gasteiger partial charge in [0.05, 0.1) is 24.3 Å². The maximum atomic E-state index is 13.2. The number of benzene rings is 2. The number of carbonyl (C=O) groups excluding carboxylic acids is 2. The van der Waals surface area contributed by atoms with Crippen LogP contribution in [-0.2, 0) is 11.3 Å². The number of furan rings is 1. The number of carboxylic acids is 1. The number of aliphatic carboxylic acids is 1. The van der Waals surface area contributed by atoms with Crippen LogP contribution in [0.4, 0.5) is 5.69 Å². The molecule has 0 saturated heterocycles. The topological polar surface area (TPSA) is 94.8 Å². The van der Waals surface area contributed by atoms with Gasteiger partial charge in [0, 0.05) is 11.3 Å². The highest BCUT2D eigenvalue weighted by Crippen LogP contribution is 2.37. The molecule has 2 aromatic carbocycles. The molecular weight excluding hydrogens is 360 g/mol. The number of carbonyl (C=O) groups is 2. The number of nitrogens with zero attached hydrogens (tertiary/aromatic N) is 1. The van der Waals surface area contributed by atoms with Crippen LogP contribution in [0.5, 0.6) is 5.75 Å². The van der Waals surface area contributed by atoms with Crippen molar-refractivity contribution in [1.82, 2.24) is 4.90 Å². The molecule has 7 nitrogen and oxygen atoms in total. The van der Waals surface area contributed by atoms with Gasteiger partial charge in [0.15, 0.2) is 0 Å². The minimum absolute atomic E-state index is 0.162. The quantitative estimate of drug-likeness (QED) is 0.707. The lowest BCUT2D eigenvalue weighted by Crippen LogP contribution is -2.42. The smallest absolute Gasteiger partial charge is 0.258 e. The molecule has 1 amide bonds. The van der Waals surface area contributed by atoms with E-state index in [2.05, 4.69) is 5.32 Å². The van der Waals surface area contributed by atoms with Crippen LogP contribution in [0.1, 0.15) is 27.8 Å². The SMILES string of the molecule is O=C([O-])COc1ccccc1[C@@H]1Nc2ccccc2C(=O)N1Cc1ccco1. The first kappa shape index (κ1) is 17.7. The summed E-state index contributed by atoms with van der Waals surface area (Å²) < 4.78 is 10.8. The van der Waals surface area contributed by atoms with Crippen molar-refractivity contribution in [1.29, 1.82) is 0 Å². The monoisotopic (exact) mass is 377 g/mol. The zero-order valence-electron chi connectivity index (χ0n) is 14.8. The molecule has 1 aliphatic heterocycles. The summed E-state index contributed by atoms with van der Waals surface area (Å²) in [5, 5.41) is 14.2. The van der Waals surface area contributed by atoms with Crippen LogP contribution < -0.4 is 15.2 Å². The number of hydrogen-bond donors (Lipinski definition) is 1. The lowest BCUT2D eigenvalue weighted by atomic mass is 10.0. The van der Waals surface area contributed by atoms with Crippen LogP contribution in [0, 0.1) is 0 Å². The molecular formula is C21H17N2O5-. The van der Waals surface area contributed by atoms with Crippen LogP contribution in [0.2, 0.25) is 0 Å². The van der Waals surface area contributed by atoms with E-state index < -0.39 is 18.7 Å². The number of ether oxygens (including phenoxy) is 1. The fourth-order valence-corrected chi connectivity index (χ4v) is 3.25. The van der Waals surface area contributed by atoms with Gasteiger partial charge in [-0.25, -0.2) is 0 Å². The number of rotatable bonds is 6. The van der Waals surface area contributed by atoms with Crippen LogP contribution in [0.15, 0.2) is 71.3 Å². The van der Waals surface area contributed by atoms with Crippen molar-refractivity contribution in [3.8, 4) is 5.75 Å². The molecule has 0 spiro atoms. The molecule has 2 heterocycles. The van der Waals surface area contributed by atoms with Crippen molar-refractivity contribution in [2.24, 2.45) is 0 Å². The summed E-state index contributed by atoms with van der Waals surface area (Å²) in [4.78, 5) is 25.7. The maximum Gasteiger partial charge on any atom is 0.258 e. The molecule has 3 aromatic rings. The lowest BCUT2D eigenvalue weighted by molar-refractivity contribution is -0.307. The van der Waals surface area contributed by atoms with Gasteiger partial charge in [0.1, 0.15) is 24.3 Å². The summed E-state index contributed by atoms with van der Waals surface area (Å²) >= 11 is 0. The fraction of sp³-hybridized carbons (Fsp3) is 0.143. The molecule has 1 atom stereocenters. The van der Waals surface area contributed by atoms with E-state index in [0.717, 1.165) is 0 Å². The van der Waals surface area contributed by atoms with E-state index in [1.165, 1.54) is 0 Å². The Hall–Kier alpha value is -3.74. The Balaban J connectivity index is 1.75. The highest BCUT2D eigenvalue weighted by atomic mass is 16.5. The van der Waals surface area contributed by atoms with Gasteiger partial charge in [-0.15, -0.1) is 0 Å². The molecule has 0 bridgehead atoms. The third kappa shape index (κ3) is 3.42. The van der Waals surface area contributed by atoms with Crippen LogP contribution in [0.25, 0.3) is 0 Å². The molecule has 4 rings (SSSR count). The van der Waals surface area contributed by atoms with Crippen molar-refractivity contribution >= 4 is 17.6 Å². The maximum absolute atomic E-state index is 13.2. The van der Waals surface area contributed by atoms with Gasteiger partial charge in [-0.3, -0.25) is 4.79 Å². The molecule has 0 radical (unpaired) electrons. The third-order valence-electron chi connectivity index (χ3n) is 4.49. The Kier molecular flexibility index (Phi) is 4.72. The first-order valence-electron chi connectivity index (χ1n) is 8.74. The Labute approximate surface area is 161 Å². The number of amides is 1. The van der Waals surface area contributed by atoms with E-state index in [-0.39, 0.29) is 12.5 Å². The minimum Gasteiger partial charge on any atom is -0.546 e. The van der Waals surface area contributed by atoms with Crippen LogP contribution in [0.3, 0.4) is 0 Å². The molecule has 0 aliphatic carbocycles. The van der Waals surface area contributed by atoms with Gasteiger partial charge >= 0.3 is 0 Å². The predicted molar refractivity (Wildman–Crippen MR) is 98.3 cm³/mol. The van der Waals surface area contributed by atoms with E-state index in [1.54, 1.807) is 59.7 Å². The molecule has 7 heteroatoms. The number of fused-ring (bicyclic) bond motifs is 1. The molecule has 0 unspecified atom stereocenters. The molecule has 1 aliphatic rings. The summed E-state index contributed by atoms with van der Waals surface area (Å²) in [6.07, 6.45) is 0.988. The van der Waals surface area contributed by atoms with E-state index in [4.69, 9.17) is 9.15 Å². The number of para-hydroxylation sites is 2. The standard InChI is InChI=1S/C21H18N2O5/c24-19(25)13-28-18-10-4-2-8-16(18)20-22-17-9-3-1-7-15(17)21(26)23(20)12-14-6-5-11-27-14/h1-11,20,22H,12-13H2,(H,24,25)/p-1/t20-/m1/s1. The first-order chi connectivity index (χ1) is 13.6. The number of hydrogen-bond acceptors (Lipinski definition) is 6. The molecule has 28 heavy (non-hydrogen) atoms. The summed E-state index contributed by atoms with van der Waals surface area (Å²) in [6, 6.07) is 17.8. The molecule has 1 aromatic heterocycles. The normalized spacial score (nSPS) is 15.6. The van der Waals surface area contributed by atoms with E-state index in [9.17, 15) is 14.7 Å². The summed E-state index contributed by atoms with van der Waals surface area (Å²) in [5.41, 5.74) is 1.89. The van der Waals surface area contributed by atoms with Gasteiger partial charge in [-0.05, 0) is 30.3 Å². The first-order valence-corrected chi connectivity index (χ1v) is 8.74. The Morgan fingerprint density at radius 3 is 2.68 bits per heavy atom. The highest BCUT2D eigenvalue weighted by molar-refractivity contribution is 6.01. The predicted octanol–water partition coefficient (Wildman–Crippen LogP) is 2.17. The van der Waals surface area contributed by atoms with Gasteiger partial charge in [0.2, 0.25) is 0 Å². The van der Waals surface area contributed by atoms with Crippen LogP contribution >= 0.6 is 0 Å². The van der Waals surface area contributed by atoms with E-state index >= 15 is 0 Å². The van der Waals surface area contributed by atoms with Crippen molar-refractivity contribution in [2.45, 2.75) is 12.7 Å². The van der Waals surface area contributed by atoms with Gasteiger partial charge in [-0.1, -0.05) is 30.3 Å². The average molecular weight is 377 g/mol. The van der Waals surface area contributed by atoms with Crippen molar-refractivity contribution in [3.63, 3.8) is 0 Å². The summed E-state index contributed by atoms with van der Waals surface area (Å²) in [5.74, 6) is -0.487. The summed E-state index contributed by atoms with van der Waals surface area (Å²) in [6.45, 7) is -0.334. The zero-order valence-corrected chi connectivity index (χ0v) is 14.8. The van der Waals surface area contributed by atoms with Gasteiger partial charge < -0.3 is 29.3 Å². The van der Waals surface area contributed by atoms with Crippen molar-refractivity contribution in [3.05, 3.63) is 83.8 Å². The second-order valence-electron chi connectivity index (χ2n) is 6.30. The van der Waals surface area contributed by atoms with E-state index in [0.29, 0.717) is 28.3 Å². The third-order valence-corrected chi connectivity index (χ3v) is 4.49. The lowest BCUT2D eigenvalue weighted by Gasteiger charge is -2.38. The minimum atomic E-state index is -1.32. The van der Waals surface area contributed by atoms with E-state index in [1.807, 2.05) is 12.1 Å². The molecule has 142 valence electrons. The second-order valence-corrected chi connectivity index (χ2v) is 6.30. The van der Waals surface area contributed by atoms with Crippen LogP contribution in [-0.4, -0.2) is 23.4 Å². The van der Waals surface area contributed by atoms with Gasteiger partial charge in [0.25, 0.3) is 5.91 Å². The number of nitrogens with one attached hydrogen (secondary N) is 1. The highest BCUT2D eigenvalue weighted by Gasteiger charge is 2.34. The Morgan fingerprint density at radius 1 is 1.11 bits per heavy atom. The largest absolute Gasteiger partial charge is 0.546 e. The zero-order chi connectivity index (χ0) is 19.5. The number of anilines is 1. The second kappa shape index (κ2) is 7.48. The van der Waals surface area contributed by atoms with Crippen molar-refractivity contribution < 1.29 is 23.8 Å². The molecule has 0 saturated carbocycles. The Bertz CT molecular complexity index is 1000. The Morgan fingerprint density at radius 2 is 1.89 bits per heavy atom. The molecule has 1 N–H and O–H groups in total.